The van der Waals surface area contributed by atoms with Gasteiger partial charge in [-0.15, -0.1) is 0 Å². The zero-order chi connectivity index (χ0) is 22.8. The number of nitrogens with two attached hydrogens (primary N) is 1. The van der Waals surface area contributed by atoms with Crippen LogP contribution in [0.2, 0.25) is 0 Å². The quantitative estimate of drug-likeness (QED) is 0.506. The Morgan fingerprint density at radius 2 is 2.06 bits per heavy atom. The van der Waals surface area contributed by atoms with Gasteiger partial charge in [0.2, 0.25) is 0 Å². The number of nitrogens with zero attached hydrogens (tertiary/aromatic N) is 4. The van der Waals surface area contributed by atoms with Crippen molar-refractivity contribution in [2.45, 2.75) is 18.9 Å². The maximum Gasteiger partial charge on any atom is 0.278 e. The number of aromatic nitrogens is 3. The van der Waals surface area contributed by atoms with Crippen LogP contribution in [0.3, 0.4) is 0 Å². The number of anilines is 3. The Labute approximate surface area is 193 Å². The minimum absolute atomic E-state index is 0.0875. The third kappa shape index (κ3) is 4.27. The summed E-state index contributed by atoms with van der Waals surface area (Å²) in [6, 6.07) is 8.55. The average Bonchev–Trinajstić information content (AvgIpc) is 3.27. The molecule has 10 heteroatoms. The topological polar surface area (TPSA) is 118 Å². The van der Waals surface area contributed by atoms with Gasteiger partial charge >= 0.3 is 0 Å². The van der Waals surface area contributed by atoms with Crippen molar-refractivity contribution in [1.82, 2.24) is 20.2 Å². The van der Waals surface area contributed by atoms with Gasteiger partial charge in [-0.3, -0.25) is 9.78 Å². The lowest BCUT2D eigenvalue weighted by Crippen LogP contribution is -2.36. The lowest BCUT2D eigenvalue weighted by molar-refractivity contribution is 0.102. The number of carbonyl (C=O) groups is 1. The summed E-state index contributed by atoms with van der Waals surface area (Å²) in [5, 5.41) is 6.27. The van der Waals surface area contributed by atoms with Gasteiger partial charge in [-0.1, -0.05) is 12.1 Å². The Kier molecular flexibility index (Phi) is 5.93. The molecular formula is C23H26BN7O2. The second kappa shape index (κ2) is 9.17. The Bertz CT molecular complexity index is 1180. The van der Waals surface area contributed by atoms with Gasteiger partial charge in [0, 0.05) is 30.9 Å². The van der Waals surface area contributed by atoms with E-state index >= 15 is 0 Å². The number of nitrogen functional groups attached to an aromatic ring is 1. The molecule has 1 amide bonds. The van der Waals surface area contributed by atoms with E-state index in [2.05, 4.69) is 42.5 Å². The highest BCUT2D eigenvalue weighted by molar-refractivity contribution is 6.07. The Morgan fingerprint density at radius 3 is 2.88 bits per heavy atom. The van der Waals surface area contributed by atoms with E-state index in [4.69, 9.17) is 10.5 Å². The molecule has 2 aromatic heterocycles. The zero-order valence-electron chi connectivity index (χ0n) is 18.5. The molecule has 2 aliphatic rings. The maximum absolute atomic E-state index is 13.1. The van der Waals surface area contributed by atoms with Crippen molar-refractivity contribution in [2.75, 3.05) is 42.3 Å². The molecule has 1 unspecified atom stereocenters. The summed E-state index contributed by atoms with van der Waals surface area (Å²) >= 11 is 0. The molecule has 0 spiro atoms. The van der Waals surface area contributed by atoms with E-state index in [1.807, 2.05) is 20.1 Å². The van der Waals surface area contributed by atoms with Gasteiger partial charge in [0.15, 0.2) is 19.5 Å². The van der Waals surface area contributed by atoms with E-state index in [1.165, 1.54) is 11.1 Å². The minimum atomic E-state index is -0.416. The van der Waals surface area contributed by atoms with Gasteiger partial charge in [0.05, 0.1) is 42.7 Å². The molecule has 3 aromatic rings. The monoisotopic (exact) mass is 443 g/mol. The van der Waals surface area contributed by atoms with Gasteiger partial charge in [0.1, 0.15) is 0 Å². The predicted molar refractivity (Wildman–Crippen MR) is 130 cm³/mol. The number of amides is 1. The average molecular weight is 443 g/mol. The molecule has 9 nitrogen and oxygen atoms in total. The van der Waals surface area contributed by atoms with Crippen LogP contribution in [0.4, 0.5) is 17.2 Å². The molecule has 33 heavy (non-hydrogen) atoms. The number of nitrogens with one attached hydrogen (secondary N) is 2. The Balaban J connectivity index is 1.41. The fraction of sp³-hybridized carbons (Fsp3) is 0.304. The molecule has 1 aliphatic heterocycles. The van der Waals surface area contributed by atoms with E-state index in [0.29, 0.717) is 30.6 Å². The van der Waals surface area contributed by atoms with E-state index in [-0.39, 0.29) is 11.5 Å². The zero-order valence-corrected chi connectivity index (χ0v) is 18.5. The van der Waals surface area contributed by atoms with E-state index in [9.17, 15) is 4.79 Å². The summed E-state index contributed by atoms with van der Waals surface area (Å²) in [6.07, 6.45) is 7.04. The number of carbonyl (C=O) groups excluding carboxylic acids is 1. The number of benzene rings is 1. The lowest BCUT2D eigenvalue weighted by Gasteiger charge is -2.30. The van der Waals surface area contributed by atoms with Crippen molar-refractivity contribution in [3.63, 3.8) is 0 Å². The van der Waals surface area contributed by atoms with Gasteiger partial charge in [-0.25, -0.2) is 9.97 Å². The summed E-state index contributed by atoms with van der Waals surface area (Å²) < 4.78 is 5.44. The predicted octanol–water partition coefficient (Wildman–Crippen LogP) is 1.33. The molecule has 1 atom stereocenters. The smallest absolute Gasteiger partial charge is 0.278 e. The summed E-state index contributed by atoms with van der Waals surface area (Å²) in [6.45, 7) is 2.78. The summed E-state index contributed by atoms with van der Waals surface area (Å²) in [5.74, 6) is -0.328. The van der Waals surface area contributed by atoms with Gasteiger partial charge < -0.3 is 25.9 Å². The van der Waals surface area contributed by atoms with Crippen LogP contribution in [0.5, 0.6) is 0 Å². The number of pyridine rings is 1. The van der Waals surface area contributed by atoms with Crippen molar-refractivity contribution in [3.05, 3.63) is 59.7 Å². The lowest BCUT2D eigenvalue weighted by atomic mass is 10.0. The van der Waals surface area contributed by atoms with Crippen molar-refractivity contribution in [1.29, 1.82) is 0 Å². The molecule has 1 aliphatic carbocycles. The first kappa shape index (κ1) is 21.4. The van der Waals surface area contributed by atoms with Crippen LogP contribution >= 0.6 is 0 Å². The molecular weight excluding hydrogens is 417 g/mol. The highest BCUT2D eigenvalue weighted by atomic mass is 16.5. The largest absolute Gasteiger partial charge is 0.382 e. The van der Waals surface area contributed by atoms with E-state index in [0.717, 1.165) is 37.2 Å². The van der Waals surface area contributed by atoms with E-state index in [1.54, 1.807) is 18.6 Å². The standard InChI is InChI=1S/C23H26BN7O2/c24-30-17-4-2-14-11-15(1-3-16(14)17)18-13-27-22(25)21(28-18)23(32)29-19-12-26-6-5-20(19)31-7-9-33-10-8-31/h1,3,5-6,11-13,17,30H,2,4,7-10,24H2,(H2,25,27)(H,29,32). The second-order valence-electron chi connectivity index (χ2n) is 8.23. The fourth-order valence-electron chi connectivity index (χ4n) is 4.53. The molecule has 0 radical (unpaired) electrons. The minimum Gasteiger partial charge on any atom is -0.382 e. The SMILES string of the molecule is BNC1CCc2cc(-c3cnc(N)c(C(=O)Nc4cnccc4N4CCOCC4)n3)ccc21. The van der Waals surface area contributed by atoms with Crippen LogP contribution in [0.1, 0.15) is 34.1 Å². The molecule has 1 saturated heterocycles. The van der Waals surface area contributed by atoms with Crippen LogP contribution < -0.4 is 21.2 Å². The fourth-order valence-corrected chi connectivity index (χ4v) is 4.53. The Hall–Kier alpha value is -3.50. The third-order valence-electron chi connectivity index (χ3n) is 6.28. The normalized spacial score (nSPS) is 17.6. The van der Waals surface area contributed by atoms with Crippen molar-refractivity contribution >= 4 is 31.1 Å². The number of hydrogen-bond acceptors (Lipinski definition) is 8. The first-order valence-corrected chi connectivity index (χ1v) is 11.1. The molecule has 1 fully saturated rings. The number of fused-ring (bicyclic) bond motifs is 1. The third-order valence-corrected chi connectivity index (χ3v) is 6.28. The molecule has 5 rings (SSSR count). The molecule has 168 valence electrons. The first-order chi connectivity index (χ1) is 16.1. The molecule has 3 heterocycles. The highest BCUT2D eigenvalue weighted by Crippen LogP contribution is 2.33. The van der Waals surface area contributed by atoms with Crippen LogP contribution in [-0.4, -0.2) is 55.1 Å². The van der Waals surface area contributed by atoms with Crippen LogP contribution in [0, 0.1) is 0 Å². The van der Waals surface area contributed by atoms with E-state index < -0.39 is 5.91 Å². The first-order valence-electron chi connectivity index (χ1n) is 11.1. The number of hydrogen-bond donors (Lipinski definition) is 3. The number of ether oxygens (including phenoxy) is 1. The molecule has 1 aromatic carbocycles. The molecule has 0 saturated carbocycles. The summed E-state index contributed by atoms with van der Waals surface area (Å²) in [4.78, 5) is 28.3. The number of aryl methyl sites for hydroxylation is 1. The van der Waals surface area contributed by atoms with Crippen molar-refractivity contribution in [2.24, 2.45) is 0 Å². The Morgan fingerprint density at radius 1 is 1.21 bits per heavy atom. The van der Waals surface area contributed by atoms with Crippen molar-refractivity contribution in [3.8, 4) is 11.3 Å². The van der Waals surface area contributed by atoms with Gasteiger partial charge in [-0.05, 0) is 36.1 Å². The van der Waals surface area contributed by atoms with Gasteiger partial charge in [0.25, 0.3) is 5.91 Å². The maximum atomic E-state index is 13.1. The second-order valence-corrected chi connectivity index (χ2v) is 8.23. The number of morpholine rings is 1. The van der Waals surface area contributed by atoms with Crippen molar-refractivity contribution < 1.29 is 9.53 Å². The molecule has 0 bridgehead atoms. The molecule has 4 N–H and O–H groups in total. The van der Waals surface area contributed by atoms with Gasteiger partial charge in [-0.2, -0.15) is 0 Å². The van der Waals surface area contributed by atoms with Crippen LogP contribution in [0.25, 0.3) is 11.3 Å². The highest BCUT2D eigenvalue weighted by Gasteiger charge is 2.23. The number of rotatable bonds is 5. The van der Waals surface area contributed by atoms with Crippen LogP contribution in [0.15, 0.2) is 42.9 Å². The summed E-state index contributed by atoms with van der Waals surface area (Å²) in [5.41, 5.74) is 11.8. The van der Waals surface area contributed by atoms with Crippen LogP contribution in [-0.2, 0) is 11.2 Å². The summed E-state index contributed by atoms with van der Waals surface area (Å²) in [7, 11) is 1.98.